The van der Waals surface area contributed by atoms with Gasteiger partial charge in [-0.15, -0.1) is 0 Å². The van der Waals surface area contributed by atoms with Crippen LogP contribution < -0.4 is 0 Å². The zero-order valence-electron chi connectivity index (χ0n) is 18.1. The summed E-state index contributed by atoms with van der Waals surface area (Å²) in [6, 6.07) is 11.3. The molecule has 30 heavy (non-hydrogen) atoms. The Hall–Kier alpha value is -2.24. The maximum atomic E-state index is 16.9. The first-order chi connectivity index (χ1) is 14.0. The number of likely N-dealkylation sites (tertiary alicyclic amines) is 1. The number of rotatable bonds is 3. The molecule has 1 aliphatic rings. The second-order valence-corrected chi connectivity index (χ2v) is 10.0. The zero-order valence-corrected chi connectivity index (χ0v) is 18.9. The average molecular weight is 427 g/mol. The monoisotopic (exact) mass is 426 g/mol. The van der Waals surface area contributed by atoms with E-state index in [1.54, 1.807) is 12.4 Å². The van der Waals surface area contributed by atoms with Crippen molar-refractivity contribution in [3.05, 3.63) is 59.5 Å². The molecule has 1 aromatic carbocycles. The van der Waals surface area contributed by atoms with Crippen molar-refractivity contribution in [2.24, 2.45) is 0 Å². The Morgan fingerprint density at radius 1 is 0.933 bits per heavy atom. The molecule has 4 rings (SSSR count). The molecule has 0 spiro atoms. The van der Waals surface area contributed by atoms with Gasteiger partial charge >= 0.3 is 0 Å². The number of aromatic amines is 1. The quantitative estimate of drug-likeness (QED) is 0.539. The molecule has 4 nitrogen and oxygen atoms in total. The molecule has 0 aliphatic carbocycles. The van der Waals surface area contributed by atoms with Crippen LogP contribution in [0.25, 0.3) is 22.4 Å². The molecule has 1 N–H and O–H groups in total. The van der Waals surface area contributed by atoms with Crippen LogP contribution in [0.15, 0.2) is 48.8 Å². The summed E-state index contributed by atoms with van der Waals surface area (Å²) in [5.41, 5.74) is 1.67. The number of piperidine rings is 1. The highest BCUT2D eigenvalue weighted by Crippen LogP contribution is 2.52. The molecule has 1 aliphatic heterocycles. The Labute approximate surface area is 182 Å². The molecule has 0 radical (unpaired) electrons. The Kier molecular flexibility index (Phi) is 5.02. The average Bonchev–Trinajstić information content (AvgIpc) is 3.13. The largest absolute Gasteiger partial charge is 0.296 e. The lowest BCUT2D eigenvalue weighted by molar-refractivity contribution is -0.0902. The number of halogens is 2. The number of nitrogens with zero attached hydrogens (tertiary/aromatic N) is 3. The molecular weight excluding hydrogens is 399 g/mol. The normalized spacial score (nSPS) is 20.2. The lowest BCUT2D eigenvalue weighted by atomic mass is 9.70. The molecule has 2 aromatic heterocycles. The predicted molar refractivity (Wildman–Crippen MR) is 120 cm³/mol. The van der Waals surface area contributed by atoms with Gasteiger partial charge in [-0.3, -0.25) is 15.0 Å². The first-order valence-corrected chi connectivity index (χ1v) is 10.6. The highest BCUT2D eigenvalue weighted by atomic mass is 35.5. The Morgan fingerprint density at radius 2 is 1.50 bits per heavy atom. The van der Waals surface area contributed by atoms with Crippen LogP contribution >= 0.6 is 11.6 Å². The summed E-state index contributed by atoms with van der Waals surface area (Å²) in [5.74, 6) is 0. The van der Waals surface area contributed by atoms with Gasteiger partial charge in [0, 0.05) is 52.5 Å². The van der Waals surface area contributed by atoms with Crippen molar-refractivity contribution in [2.45, 2.75) is 57.3 Å². The van der Waals surface area contributed by atoms with Crippen molar-refractivity contribution in [3.8, 4) is 22.4 Å². The lowest BCUT2D eigenvalue weighted by Crippen LogP contribution is -2.61. The molecule has 0 atom stereocenters. The second kappa shape index (κ2) is 7.17. The molecule has 3 heterocycles. The van der Waals surface area contributed by atoms with Gasteiger partial charge in [-0.05, 0) is 64.6 Å². The van der Waals surface area contributed by atoms with Gasteiger partial charge in [-0.25, -0.2) is 4.39 Å². The zero-order chi connectivity index (χ0) is 21.7. The van der Waals surface area contributed by atoms with Crippen LogP contribution in [0.1, 0.15) is 46.2 Å². The van der Waals surface area contributed by atoms with Gasteiger partial charge in [0.05, 0.1) is 5.69 Å². The van der Waals surface area contributed by atoms with Gasteiger partial charge in [-0.2, -0.15) is 5.10 Å². The SMILES string of the molecule is CN1C(C)(C)CC(F)(c2[nH]nc(-c3ccc(Cl)cc3)c2-c2ccncc2)CC1(C)C. The summed E-state index contributed by atoms with van der Waals surface area (Å²) in [6.07, 6.45) is 4.21. The molecule has 1 fully saturated rings. The smallest absolute Gasteiger partial charge is 0.156 e. The van der Waals surface area contributed by atoms with Crippen LogP contribution in [0, 0.1) is 0 Å². The predicted octanol–water partition coefficient (Wildman–Crippen LogP) is 6.24. The third-order valence-electron chi connectivity index (χ3n) is 6.54. The van der Waals surface area contributed by atoms with Gasteiger partial charge in [0.15, 0.2) is 5.67 Å². The van der Waals surface area contributed by atoms with E-state index in [0.29, 0.717) is 23.6 Å². The number of hydrogen-bond donors (Lipinski definition) is 1. The topological polar surface area (TPSA) is 44.8 Å². The number of hydrogen-bond acceptors (Lipinski definition) is 3. The van der Waals surface area contributed by atoms with E-state index in [1.165, 1.54) is 0 Å². The van der Waals surface area contributed by atoms with E-state index >= 15 is 4.39 Å². The second-order valence-electron chi connectivity index (χ2n) is 9.57. The molecule has 6 heteroatoms. The van der Waals surface area contributed by atoms with Crippen molar-refractivity contribution in [3.63, 3.8) is 0 Å². The van der Waals surface area contributed by atoms with E-state index in [2.05, 4.69) is 54.8 Å². The maximum absolute atomic E-state index is 16.9. The minimum Gasteiger partial charge on any atom is -0.296 e. The Morgan fingerprint density at radius 3 is 2.07 bits per heavy atom. The molecule has 1 saturated heterocycles. The molecular formula is C24H28ClFN4. The molecule has 0 unspecified atom stereocenters. The van der Waals surface area contributed by atoms with Crippen molar-refractivity contribution < 1.29 is 4.39 Å². The van der Waals surface area contributed by atoms with Crippen molar-refractivity contribution in [2.75, 3.05) is 7.05 Å². The highest BCUT2D eigenvalue weighted by molar-refractivity contribution is 6.30. The van der Waals surface area contributed by atoms with Gasteiger partial charge < -0.3 is 0 Å². The fraction of sp³-hybridized carbons (Fsp3) is 0.417. The molecule has 0 saturated carbocycles. The minimum absolute atomic E-state index is 0.308. The van der Waals surface area contributed by atoms with Gasteiger partial charge in [0.2, 0.25) is 0 Å². The van der Waals surface area contributed by atoms with Gasteiger partial charge in [0.25, 0.3) is 0 Å². The third-order valence-corrected chi connectivity index (χ3v) is 6.79. The molecule has 0 amide bonds. The highest BCUT2D eigenvalue weighted by Gasteiger charge is 2.53. The van der Waals surface area contributed by atoms with Crippen molar-refractivity contribution in [1.29, 1.82) is 0 Å². The standard InChI is InChI=1S/C24H28ClFN4/c1-22(2)14-24(26,15-23(3,4)30(22)5)21-19(16-10-12-27-13-11-16)20(28-29-21)17-6-8-18(25)9-7-17/h6-13H,14-15H2,1-5H3,(H,28,29). The number of nitrogens with one attached hydrogen (secondary N) is 1. The fourth-order valence-electron chi connectivity index (χ4n) is 4.95. The van der Waals surface area contributed by atoms with Crippen molar-refractivity contribution >= 4 is 11.6 Å². The molecule has 158 valence electrons. The van der Waals surface area contributed by atoms with Gasteiger partial charge in [-0.1, -0.05) is 23.7 Å². The molecule has 3 aromatic rings. The van der Waals surface area contributed by atoms with E-state index < -0.39 is 5.67 Å². The number of aromatic nitrogens is 3. The summed E-state index contributed by atoms with van der Waals surface area (Å²) in [4.78, 5) is 6.41. The van der Waals surface area contributed by atoms with E-state index in [0.717, 1.165) is 22.4 Å². The van der Waals surface area contributed by atoms with E-state index in [-0.39, 0.29) is 11.1 Å². The Balaban J connectivity index is 1.92. The van der Waals surface area contributed by atoms with Crippen molar-refractivity contribution in [1.82, 2.24) is 20.1 Å². The number of benzene rings is 1. The maximum Gasteiger partial charge on any atom is 0.156 e. The minimum atomic E-state index is -1.55. The van der Waals surface area contributed by atoms with E-state index in [9.17, 15) is 0 Å². The summed E-state index contributed by atoms with van der Waals surface area (Å²) >= 11 is 6.08. The van der Waals surface area contributed by atoms with Crippen LogP contribution in [0.5, 0.6) is 0 Å². The van der Waals surface area contributed by atoms with Crippen LogP contribution in [-0.2, 0) is 5.67 Å². The summed E-state index contributed by atoms with van der Waals surface area (Å²) in [7, 11) is 2.08. The summed E-state index contributed by atoms with van der Waals surface area (Å²) in [5, 5.41) is 8.33. The van der Waals surface area contributed by atoms with Crippen LogP contribution in [-0.4, -0.2) is 38.2 Å². The van der Waals surface area contributed by atoms with Gasteiger partial charge in [0.1, 0.15) is 5.69 Å². The first-order valence-electron chi connectivity index (χ1n) is 10.2. The number of pyridine rings is 1. The first kappa shape index (κ1) is 21.0. The van der Waals surface area contributed by atoms with Crippen LogP contribution in [0.3, 0.4) is 0 Å². The lowest BCUT2D eigenvalue weighted by Gasteiger charge is -2.55. The Bertz CT molecular complexity index is 1020. The van der Waals surface area contributed by atoms with E-state index in [1.807, 2.05) is 36.4 Å². The summed E-state index contributed by atoms with van der Waals surface area (Å²) < 4.78 is 16.9. The number of alkyl halides is 1. The van der Waals surface area contributed by atoms with Crippen LogP contribution in [0.2, 0.25) is 5.02 Å². The third kappa shape index (κ3) is 3.54. The van der Waals surface area contributed by atoms with E-state index in [4.69, 9.17) is 11.6 Å². The van der Waals surface area contributed by atoms with Crippen LogP contribution in [0.4, 0.5) is 4.39 Å². The summed E-state index contributed by atoms with van der Waals surface area (Å²) in [6.45, 7) is 8.41. The molecule has 0 bridgehead atoms. The fourth-order valence-corrected chi connectivity index (χ4v) is 5.08. The number of H-pyrrole nitrogens is 1.